The van der Waals surface area contributed by atoms with E-state index in [9.17, 15) is 9.18 Å². The van der Waals surface area contributed by atoms with Gasteiger partial charge in [0.2, 0.25) is 0 Å². The molecular formula is C22H17FN2O2. The minimum Gasteiger partial charge on any atom is -0.478 e. The molecule has 2 heterocycles. The molecular weight excluding hydrogens is 343 g/mol. The highest BCUT2D eigenvalue weighted by atomic mass is 19.1. The first kappa shape index (κ1) is 17.0. The number of benzene rings is 2. The number of pyridine rings is 1. The number of hydrogen-bond donors (Lipinski definition) is 1. The monoisotopic (exact) mass is 360 g/mol. The summed E-state index contributed by atoms with van der Waals surface area (Å²) in [6.45, 7) is 2.52. The number of aryl methyl sites for hydroxylation is 1. The Balaban J connectivity index is 1.89. The molecule has 0 saturated carbocycles. The summed E-state index contributed by atoms with van der Waals surface area (Å²) in [5, 5.41) is 9.94. The predicted molar refractivity (Wildman–Crippen MR) is 102 cm³/mol. The Hall–Kier alpha value is -3.47. The molecule has 0 saturated heterocycles. The van der Waals surface area contributed by atoms with Crippen molar-refractivity contribution in [3.05, 3.63) is 89.5 Å². The molecule has 0 atom stereocenters. The second-order valence-corrected chi connectivity index (χ2v) is 6.46. The molecule has 2 aromatic carbocycles. The molecule has 4 rings (SSSR count). The number of fused-ring (bicyclic) bond motifs is 1. The van der Waals surface area contributed by atoms with Gasteiger partial charge in [-0.25, -0.2) is 9.18 Å². The second kappa shape index (κ2) is 6.68. The Morgan fingerprint density at radius 2 is 1.93 bits per heavy atom. The summed E-state index contributed by atoms with van der Waals surface area (Å²) in [7, 11) is 0. The number of aromatic nitrogens is 2. The number of hydrogen-bond acceptors (Lipinski definition) is 2. The zero-order chi connectivity index (χ0) is 19.0. The first-order valence-corrected chi connectivity index (χ1v) is 8.55. The van der Waals surface area contributed by atoms with E-state index in [0.29, 0.717) is 6.54 Å². The van der Waals surface area contributed by atoms with E-state index in [0.717, 1.165) is 33.3 Å². The summed E-state index contributed by atoms with van der Waals surface area (Å²) >= 11 is 0. The normalized spacial score (nSPS) is 11.0. The third kappa shape index (κ3) is 3.08. The minimum atomic E-state index is -0.949. The van der Waals surface area contributed by atoms with Crippen molar-refractivity contribution < 1.29 is 14.3 Å². The molecule has 0 aliphatic heterocycles. The van der Waals surface area contributed by atoms with Gasteiger partial charge < -0.3 is 9.67 Å². The molecule has 1 N–H and O–H groups in total. The summed E-state index contributed by atoms with van der Waals surface area (Å²) in [6.07, 6.45) is 3.51. The average molecular weight is 360 g/mol. The molecule has 0 aliphatic carbocycles. The summed E-state index contributed by atoms with van der Waals surface area (Å²) in [5.74, 6) is -1.22. The van der Waals surface area contributed by atoms with Crippen molar-refractivity contribution in [3.8, 4) is 11.3 Å². The van der Waals surface area contributed by atoms with Crippen LogP contribution in [0.4, 0.5) is 4.39 Å². The van der Waals surface area contributed by atoms with E-state index in [-0.39, 0.29) is 11.4 Å². The molecule has 2 aromatic heterocycles. The Kier molecular flexibility index (Phi) is 4.20. The van der Waals surface area contributed by atoms with Crippen LogP contribution >= 0.6 is 0 Å². The van der Waals surface area contributed by atoms with Crippen molar-refractivity contribution in [1.29, 1.82) is 0 Å². The zero-order valence-electron chi connectivity index (χ0n) is 14.7. The lowest BCUT2D eigenvalue weighted by molar-refractivity contribution is 0.0697. The van der Waals surface area contributed by atoms with Gasteiger partial charge >= 0.3 is 5.97 Å². The minimum absolute atomic E-state index is 0.252. The lowest BCUT2D eigenvalue weighted by Crippen LogP contribution is -2.03. The van der Waals surface area contributed by atoms with Gasteiger partial charge in [-0.05, 0) is 60.5 Å². The first-order chi connectivity index (χ1) is 13.0. The topological polar surface area (TPSA) is 55.1 Å². The van der Waals surface area contributed by atoms with Crippen LogP contribution in [-0.4, -0.2) is 20.6 Å². The van der Waals surface area contributed by atoms with Gasteiger partial charge in [0, 0.05) is 35.4 Å². The van der Waals surface area contributed by atoms with E-state index < -0.39 is 5.97 Å². The number of carboxylic acid groups (broad SMARTS) is 1. The lowest BCUT2D eigenvalue weighted by Gasteiger charge is -2.12. The highest BCUT2D eigenvalue weighted by Crippen LogP contribution is 2.34. The van der Waals surface area contributed by atoms with E-state index in [1.807, 2.05) is 19.1 Å². The van der Waals surface area contributed by atoms with E-state index in [4.69, 9.17) is 5.11 Å². The van der Waals surface area contributed by atoms with Crippen molar-refractivity contribution in [2.45, 2.75) is 13.5 Å². The second-order valence-electron chi connectivity index (χ2n) is 6.46. The van der Waals surface area contributed by atoms with E-state index in [2.05, 4.69) is 9.55 Å². The van der Waals surface area contributed by atoms with Crippen molar-refractivity contribution >= 4 is 16.9 Å². The Labute approximate surface area is 155 Å². The molecule has 0 fully saturated rings. The van der Waals surface area contributed by atoms with Crippen molar-refractivity contribution in [2.24, 2.45) is 0 Å². The van der Waals surface area contributed by atoms with Crippen LogP contribution in [0.5, 0.6) is 0 Å². The van der Waals surface area contributed by atoms with Crippen LogP contribution in [0.25, 0.3) is 22.2 Å². The molecule has 27 heavy (non-hydrogen) atoms. The van der Waals surface area contributed by atoms with Crippen LogP contribution in [0.3, 0.4) is 0 Å². The summed E-state index contributed by atoms with van der Waals surface area (Å²) in [5.41, 5.74) is 5.06. The SMILES string of the molecule is Cc1c(-c2cccnc2)n(Cc2ccc(C(=O)O)cc2)c2ccc(F)cc12. The van der Waals surface area contributed by atoms with Gasteiger partial charge in [-0.3, -0.25) is 4.98 Å². The standard InChI is InChI=1S/C22H17FN2O2/c1-14-19-11-18(23)8-9-20(19)25(21(14)17-3-2-10-24-12-17)13-15-4-6-16(7-5-15)22(26)27/h2-12H,13H2,1H3,(H,26,27). The van der Waals surface area contributed by atoms with Crippen LogP contribution in [0.1, 0.15) is 21.5 Å². The summed E-state index contributed by atoms with van der Waals surface area (Å²) in [4.78, 5) is 15.3. The molecule has 0 bridgehead atoms. The zero-order valence-corrected chi connectivity index (χ0v) is 14.7. The fourth-order valence-corrected chi connectivity index (χ4v) is 3.47. The lowest BCUT2D eigenvalue weighted by atomic mass is 10.1. The van der Waals surface area contributed by atoms with Gasteiger partial charge in [-0.1, -0.05) is 12.1 Å². The number of nitrogens with zero attached hydrogens (tertiary/aromatic N) is 2. The highest BCUT2D eigenvalue weighted by molar-refractivity contribution is 5.91. The van der Waals surface area contributed by atoms with Gasteiger partial charge in [0.25, 0.3) is 0 Å². The number of aromatic carboxylic acids is 1. The van der Waals surface area contributed by atoms with E-state index in [1.54, 1.807) is 48.8 Å². The third-order valence-electron chi connectivity index (χ3n) is 4.76. The Morgan fingerprint density at radius 1 is 1.15 bits per heavy atom. The predicted octanol–water partition coefficient (Wildman–Crippen LogP) is 4.90. The van der Waals surface area contributed by atoms with Crippen LogP contribution < -0.4 is 0 Å². The molecule has 0 spiro atoms. The largest absolute Gasteiger partial charge is 0.478 e. The van der Waals surface area contributed by atoms with Gasteiger partial charge in [-0.2, -0.15) is 0 Å². The molecule has 5 heteroatoms. The maximum Gasteiger partial charge on any atom is 0.335 e. The average Bonchev–Trinajstić information content (AvgIpc) is 2.94. The van der Waals surface area contributed by atoms with Gasteiger partial charge in [0.15, 0.2) is 0 Å². The molecule has 0 aliphatic rings. The molecule has 134 valence electrons. The van der Waals surface area contributed by atoms with Crippen LogP contribution in [0, 0.1) is 12.7 Å². The van der Waals surface area contributed by atoms with Gasteiger partial charge in [0.05, 0.1) is 11.3 Å². The quantitative estimate of drug-likeness (QED) is 0.563. The third-order valence-corrected chi connectivity index (χ3v) is 4.76. The Bertz CT molecular complexity index is 1130. The summed E-state index contributed by atoms with van der Waals surface area (Å²) < 4.78 is 16.0. The fraction of sp³-hybridized carbons (Fsp3) is 0.0909. The fourth-order valence-electron chi connectivity index (χ4n) is 3.47. The summed E-state index contributed by atoms with van der Waals surface area (Å²) in [6, 6.07) is 15.5. The van der Waals surface area contributed by atoms with E-state index >= 15 is 0 Å². The van der Waals surface area contributed by atoms with E-state index in [1.165, 1.54) is 6.07 Å². The molecule has 4 nitrogen and oxygen atoms in total. The number of rotatable bonds is 4. The number of carboxylic acids is 1. The Morgan fingerprint density at radius 3 is 2.59 bits per heavy atom. The van der Waals surface area contributed by atoms with Crippen molar-refractivity contribution in [2.75, 3.05) is 0 Å². The van der Waals surface area contributed by atoms with Gasteiger partial charge in [0.1, 0.15) is 5.82 Å². The van der Waals surface area contributed by atoms with Crippen LogP contribution in [-0.2, 0) is 6.54 Å². The van der Waals surface area contributed by atoms with Crippen LogP contribution in [0.15, 0.2) is 67.0 Å². The maximum atomic E-state index is 13.8. The molecule has 0 unspecified atom stereocenters. The van der Waals surface area contributed by atoms with Crippen LogP contribution in [0.2, 0.25) is 0 Å². The number of halogens is 1. The highest BCUT2D eigenvalue weighted by Gasteiger charge is 2.17. The van der Waals surface area contributed by atoms with Crippen molar-refractivity contribution in [3.63, 3.8) is 0 Å². The maximum absolute atomic E-state index is 13.8. The molecule has 0 radical (unpaired) electrons. The molecule has 0 amide bonds. The first-order valence-electron chi connectivity index (χ1n) is 8.55. The smallest absolute Gasteiger partial charge is 0.335 e. The van der Waals surface area contributed by atoms with Crippen molar-refractivity contribution in [1.82, 2.24) is 9.55 Å². The molecule has 4 aromatic rings. The van der Waals surface area contributed by atoms with Gasteiger partial charge in [-0.15, -0.1) is 0 Å². The number of carbonyl (C=O) groups is 1.